The van der Waals surface area contributed by atoms with Crippen LogP contribution < -0.4 is 9.47 Å². The molecule has 0 radical (unpaired) electrons. The molecule has 4 nitrogen and oxygen atoms in total. The van der Waals surface area contributed by atoms with E-state index in [1.807, 2.05) is 12.1 Å². The largest absolute Gasteiger partial charge is 0.502 e. The second-order valence-electron chi connectivity index (χ2n) is 6.93. The lowest BCUT2D eigenvalue weighted by molar-refractivity contribution is 0.104. The van der Waals surface area contributed by atoms with Gasteiger partial charge in [-0.1, -0.05) is 49.6 Å². The van der Waals surface area contributed by atoms with E-state index in [9.17, 15) is 9.90 Å². The summed E-state index contributed by atoms with van der Waals surface area (Å²) in [5, 5.41) is 9.96. The normalized spacial score (nSPS) is 15.0. The molecular formula is C23H26O4. The number of allylic oxidation sites excluding steroid dienone is 1. The molecular weight excluding hydrogens is 340 g/mol. The fourth-order valence-corrected chi connectivity index (χ4v) is 3.63. The predicted octanol–water partition coefficient (Wildman–Crippen LogP) is 5.35. The third kappa shape index (κ3) is 4.51. The minimum absolute atomic E-state index is 0.0539. The standard InChI is InChI=1S/C23H26O4/c1-26-21-14-16(15-22(27-2)23(21)25)8-13-20(24)19-11-9-18(10-12-19)17-6-4-3-5-7-17/h8-15,17,25H,3-7H2,1-2H3/b13-8+. The first-order valence-corrected chi connectivity index (χ1v) is 9.39. The number of ketones is 1. The molecule has 0 amide bonds. The van der Waals surface area contributed by atoms with Gasteiger partial charge in [-0.05, 0) is 48.1 Å². The van der Waals surface area contributed by atoms with Crippen molar-refractivity contribution in [2.24, 2.45) is 0 Å². The molecule has 2 aromatic rings. The molecule has 0 aliphatic heterocycles. The highest BCUT2D eigenvalue weighted by Gasteiger charge is 2.15. The molecule has 27 heavy (non-hydrogen) atoms. The van der Waals surface area contributed by atoms with Crippen LogP contribution in [0.5, 0.6) is 17.2 Å². The van der Waals surface area contributed by atoms with Gasteiger partial charge in [0.25, 0.3) is 0 Å². The van der Waals surface area contributed by atoms with E-state index in [1.165, 1.54) is 58.0 Å². The molecule has 0 heterocycles. The number of aromatic hydroxyl groups is 1. The van der Waals surface area contributed by atoms with Gasteiger partial charge in [-0.2, -0.15) is 0 Å². The molecule has 1 N–H and O–H groups in total. The van der Waals surface area contributed by atoms with Gasteiger partial charge in [-0.15, -0.1) is 0 Å². The van der Waals surface area contributed by atoms with E-state index in [0.29, 0.717) is 28.5 Å². The van der Waals surface area contributed by atoms with Crippen molar-refractivity contribution in [2.45, 2.75) is 38.0 Å². The Morgan fingerprint density at radius 1 is 1.00 bits per heavy atom. The van der Waals surface area contributed by atoms with Crippen molar-refractivity contribution in [3.05, 3.63) is 59.2 Å². The molecule has 2 aromatic carbocycles. The number of carbonyl (C=O) groups excluding carboxylic acids is 1. The van der Waals surface area contributed by atoms with Gasteiger partial charge in [0.1, 0.15) is 0 Å². The Labute approximate surface area is 160 Å². The van der Waals surface area contributed by atoms with Crippen molar-refractivity contribution < 1.29 is 19.4 Å². The molecule has 1 fully saturated rings. The topological polar surface area (TPSA) is 55.8 Å². The van der Waals surface area contributed by atoms with Crippen LogP contribution in [0, 0.1) is 0 Å². The van der Waals surface area contributed by atoms with E-state index in [-0.39, 0.29) is 11.5 Å². The van der Waals surface area contributed by atoms with Crippen LogP contribution in [0.2, 0.25) is 0 Å². The maximum atomic E-state index is 12.5. The summed E-state index contributed by atoms with van der Waals surface area (Å²) in [5.74, 6) is 1.13. The minimum atomic E-state index is -0.0591. The van der Waals surface area contributed by atoms with Gasteiger partial charge < -0.3 is 14.6 Å². The molecule has 1 aliphatic rings. The first-order chi connectivity index (χ1) is 13.1. The van der Waals surface area contributed by atoms with Crippen LogP contribution in [0.3, 0.4) is 0 Å². The van der Waals surface area contributed by atoms with Gasteiger partial charge in [-0.3, -0.25) is 4.79 Å². The van der Waals surface area contributed by atoms with Crippen LogP contribution in [0.15, 0.2) is 42.5 Å². The number of rotatable bonds is 6. The lowest BCUT2D eigenvalue weighted by Crippen LogP contribution is -2.05. The monoisotopic (exact) mass is 366 g/mol. The third-order valence-electron chi connectivity index (χ3n) is 5.20. The molecule has 0 atom stereocenters. The first kappa shape index (κ1) is 19.0. The quantitative estimate of drug-likeness (QED) is 0.553. The van der Waals surface area contributed by atoms with Crippen molar-refractivity contribution in [1.82, 2.24) is 0 Å². The molecule has 0 bridgehead atoms. The van der Waals surface area contributed by atoms with Crippen molar-refractivity contribution in [3.63, 3.8) is 0 Å². The second kappa shape index (κ2) is 8.76. The molecule has 0 unspecified atom stereocenters. The average molecular weight is 366 g/mol. The minimum Gasteiger partial charge on any atom is -0.502 e. The van der Waals surface area contributed by atoms with Gasteiger partial charge >= 0.3 is 0 Å². The molecule has 1 aliphatic carbocycles. The van der Waals surface area contributed by atoms with Crippen LogP contribution in [0.1, 0.15) is 59.5 Å². The Morgan fingerprint density at radius 3 is 2.15 bits per heavy atom. The lowest BCUT2D eigenvalue weighted by atomic mass is 9.84. The van der Waals surface area contributed by atoms with Crippen LogP contribution in [-0.4, -0.2) is 25.1 Å². The number of ether oxygens (including phenoxy) is 2. The molecule has 0 spiro atoms. The van der Waals surface area contributed by atoms with Crippen LogP contribution in [0.4, 0.5) is 0 Å². The van der Waals surface area contributed by atoms with Gasteiger partial charge in [-0.25, -0.2) is 0 Å². The molecule has 142 valence electrons. The van der Waals surface area contributed by atoms with Crippen LogP contribution in [-0.2, 0) is 0 Å². The van der Waals surface area contributed by atoms with Crippen molar-refractivity contribution in [1.29, 1.82) is 0 Å². The summed E-state index contributed by atoms with van der Waals surface area (Å²) >= 11 is 0. The highest BCUT2D eigenvalue weighted by molar-refractivity contribution is 6.06. The SMILES string of the molecule is COc1cc(/C=C/C(=O)c2ccc(C3CCCCC3)cc2)cc(OC)c1O. The number of methoxy groups -OCH3 is 2. The molecule has 1 saturated carbocycles. The summed E-state index contributed by atoms with van der Waals surface area (Å²) in [7, 11) is 2.95. The summed E-state index contributed by atoms with van der Waals surface area (Å²) in [5.41, 5.74) is 2.72. The number of hydrogen-bond acceptors (Lipinski definition) is 4. The fourth-order valence-electron chi connectivity index (χ4n) is 3.63. The van der Waals surface area contributed by atoms with Crippen molar-refractivity contribution in [3.8, 4) is 17.2 Å². The van der Waals surface area contributed by atoms with E-state index in [4.69, 9.17) is 9.47 Å². The van der Waals surface area contributed by atoms with E-state index >= 15 is 0 Å². The summed E-state index contributed by atoms with van der Waals surface area (Å²) in [4.78, 5) is 12.5. The maximum absolute atomic E-state index is 12.5. The highest BCUT2D eigenvalue weighted by Crippen LogP contribution is 2.37. The van der Waals surface area contributed by atoms with E-state index in [1.54, 1.807) is 18.2 Å². The Balaban J connectivity index is 1.73. The van der Waals surface area contributed by atoms with Gasteiger partial charge in [0.15, 0.2) is 17.3 Å². The van der Waals surface area contributed by atoms with Gasteiger partial charge in [0.2, 0.25) is 5.75 Å². The van der Waals surface area contributed by atoms with E-state index in [2.05, 4.69) is 12.1 Å². The van der Waals surface area contributed by atoms with E-state index < -0.39 is 0 Å². The number of phenols is 1. The average Bonchev–Trinajstić information content (AvgIpc) is 2.73. The zero-order valence-electron chi connectivity index (χ0n) is 15.9. The van der Waals surface area contributed by atoms with Crippen molar-refractivity contribution in [2.75, 3.05) is 14.2 Å². The number of hydrogen-bond donors (Lipinski definition) is 1. The lowest BCUT2D eigenvalue weighted by Gasteiger charge is -2.21. The van der Waals surface area contributed by atoms with Crippen LogP contribution >= 0.6 is 0 Å². The smallest absolute Gasteiger partial charge is 0.200 e. The zero-order valence-corrected chi connectivity index (χ0v) is 15.9. The second-order valence-corrected chi connectivity index (χ2v) is 6.93. The van der Waals surface area contributed by atoms with Gasteiger partial charge in [0, 0.05) is 5.56 Å². The number of phenolic OH excluding ortho intramolecular Hbond substituents is 1. The number of carbonyl (C=O) groups is 1. The molecule has 4 heteroatoms. The molecule has 0 aromatic heterocycles. The summed E-state index contributed by atoms with van der Waals surface area (Å²) in [6, 6.07) is 11.3. The Hall–Kier alpha value is -2.75. The fraction of sp³-hybridized carbons (Fsp3) is 0.348. The Morgan fingerprint density at radius 2 is 1.59 bits per heavy atom. The van der Waals surface area contributed by atoms with Crippen molar-refractivity contribution >= 4 is 11.9 Å². The van der Waals surface area contributed by atoms with E-state index in [0.717, 1.165) is 0 Å². The van der Waals surface area contributed by atoms with Crippen LogP contribution in [0.25, 0.3) is 6.08 Å². The molecule has 3 rings (SSSR count). The summed E-state index contributed by atoms with van der Waals surface area (Å²) in [6.45, 7) is 0. The highest BCUT2D eigenvalue weighted by atomic mass is 16.5. The summed E-state index contributed by atoms with van der Waals surface area (Å²) < 4.78 is 10.3. The Kier molecular flexibility index (Phi) is 6.17. The predicted molar refractivity (Wildman–Crippen MR) is 107 cm³/mol. The maximum Gasteiger partial charge on any atom is 0.200 e. The number of benzene rings is 2. The zero-order chi connectivity index (χ0) is 19.2. The Bertz CT molecular complexity index is 790. The first-order valence-electron chi connectivity index (χ1n) is 9.39. The third-order valence-corrected chi connectivity index (χ3v) is 5.20. The summed E-state index contributed by atoms with van der Waals surface area (Å²) in [6.07, 6.45) is 9.66. The molecule has 0 saturated heterocycles. The van der Waals surface area contributed by atoms with Gasteiger partial charge in [0.05, 0.1) is 14.2 Å².